The van der Waals surface area contributed by atoms with Crippen LogP contribution in [0.4, 0.5) is 0 Å². The molecule has 17 heavy (non-hydrogen) atoms. The Kier molecular flexibility index (Phi) is 4.56. The van der Waals surface area contributed by atoms with Gasteiger partial charge in [-0.15, -0.1) is 11.3 Å². The lowest BCUT2D eigenvalue weighted by molar-refractivity contribution is 0.577. The lowest BCUT2D eigenvalue weighted by atomic mass is 10.1. The van der Waals surface area contributed by atoms with Gasteiger partial charge in [-0.3, -0.25) is 4.98 Å². The lowest BCUT2D eigenvalue weighted by Crippen LogP contribution is -2.20. The van der Waals surface area contributed by atoms with E-state index in [9.17, 15) is 0 Å². The first-order valence-corrected chi connectivity index (χ1v) is 7.21. The standard InChI is InChI=1S/C12H12BrClN2S/c1-15-10(7-8-4-5-11(14)17-8)12-9(13)3-2-6-16-12/h2-6,10,15H,7H2,1H3. The van der Waals surface area contributed by atoms with Crippen molar-refractivity contribution in [2.24, 2.45) is 0 Å². The summed E-state index contributed by atoms with van der Waals surface area (Å²) in [6.45, 7) is 0. The summed E-state index contributed by atoms with van der Waals surface area (Å²) < 4.78 is 1.86. The number of pyridine rings is 1. The molecule has 5 heteroatoms. The Labute approximate surface area is 118 Å². The summed E-state index contributed by atoms with van der Waals surface area (Å²) in [7, 11) is 1.95. The number of halogens is 2. The second-order valence-electron chi connectivity index (χ2n) is 3.62. The maximum atomic E-state index is 5.94. The van der Waals surface area contributed by atoms with Gasteiger partial charge in [-0.2, -0.15) is 0 Å². The van der Waals surface area contributed by atoms with E-state index in [1.165, 1.54) is 4.88 Å². The number of hydrogen-bond donors (Lipinski definition) is 1. The Bertz CT molecular complexity index is 501. The van der Waals surface area contributed by atoms with E-state index < -0.39 is 0 Å². The highest BCUT2D eigenvalue weighted by atomic mass is 79.9. The first kappa shape index (κ1) is 13.0. The molecular weight excluding hydrogens is 320 g/mol. The quantitative estimate of drug-likeness (QED) is 0.914. The second kappa shape index (κ2) is 5.96. The van der Waals surface area contributed by atoms with E-state index in [0.29, 0.717) is 0 Å². The number of likely N-dealkylation sites (N-methyl/N-ethyl adjacent to an activating group) is 1. The number of aromatic nitrogens is 1. The smallest absolute Gasteiger partial charge is 0.0931 e. The van der Waals surface area contributed by atoms with Crippen molar-refractivity contribution in [3.63, 3.8) is 0 Å². The van der Waals surface area contributed by atoms with Gasteiger partial charge in [0.25, 0.3) is 0 Å². The molecule has 0 radical (unpaired) electrons. The average Bonchev–Trinajstić information content (AvgIpc) is 2.73. The third kappa shape index (κ3) is 3.28. The highest BCUT2D eigenvalue weighted by Gasteiger charge is 2.15. The molecule has 0 fully saturated rings. The van der Waals surface area contributed by atoms with Crippen molar-refractivity contribution in [1.82, 2.24) is 10.3 Å². The number of thiophene rings is 1. The normalized spacial score (nSPS) is 12.6. The Morgan fingerprint density at radius 2 is 2.29 bits per heavy atom. The van der Waals surface area contributed by atoms with Crippen LogP contribution in [0.2, 0.25) is 4.34 Å². The zero-order valence-corrected chi connectivity index (χ0v) is 12.4. The fourth-order valence-corrected chi connectivity index (χ4v) is 3.32. The maximum Gasteiger partial charge on any atom is 0.0931 e. The van der Waals surface area contributed by atoms with Crippen LogP contribution in [-0.4, -0.2) is 12.0 Å². The van der Waals surface area contributed by atoms with Crippen LogP contribution in [0.1, 0.15) is 16.6 Å². The van der Waals surface area contributed by atoms with Gasteiger partial charge in [0.1, 0.15) is 0 Å². The highest BCUT2D eigenvalue weighted by molar-refractivity contribution is 9.10. The first-order chi connectivity index (χ1) is 8.20. The lowest BCUT2D eigenvalue weighted by Gasteiger charge is -2.15. The molecule has 2 aromatic rings. The van der Waals surface area contributed by atoms with Crippen molar-refractivity contribution in [3.05, 3.63) is 49.8 Å². The van der Waals surface area contributed by atoms with Crippen molar-refractivity contribution in [3.8, 4) is 0 Å². The minimum Gasteiger partial charge on any atom is -0.311 e. The summed E-state index contributed by atoms with van der Waals surface area (Å²) >= 11 is 11.1. The fraction of sp³-hybridized carbons (Fsp3) is 0.250. The van der Waals surface area contributed by atoms with Gasteiger partial charge in [0.05, 0.1) is 16.1 Å². The molecule has 0 amide bonds. The van der Waals surface area contributed by atoms with Crippen LogP contribution < -0.4 is 5.32 Å². The Morgan fingerprint density at radius 1 is 1.47 bits per heavy atom. The van der Waals surface area contributed by atoms with Crippen LogP contribution in [0, 0.1) is 0 Å². The molecule has 0 aliphatic heterocycles. The van der Waals surface area contributed by atoms with Gasteiger partial charge < -0.3 is 5.32 Å². The van der Waals surface area contributed by atoms with E-state index in [4.69, 9.17) is 11.6 Å². The molecule has 1 unspecified atom stereocenters. The van der Waals surface area contributed by atoms with Crippen molar-refractivity contribution in [2.45, 2.75) is 12.5 Å². The van der Waals surface area contributed by atoms with E-state index in [1.54, 1.807) is 11.3 Å². The topological polar surface area (TPSA) is 24.9 Å². The third-order valence-electron chi connectivity index (χ3n) is 2.50. The van der Waals surface area contributed by atoms with Gasteiger partial charge in [-0.1, -0.05) is 11.6 Å². The predicted molar refractivity (Wildman–Crippen MR) is 76.8 cm³/mol. The number of hydrogen-bond acceptors (Lipinski definition) is 3. The predicted octanol–water partition coefficient (Wildman–Crippen LogP) is 4.06. The summed E-state index contributed by atoms with van der Waals surface area (Å²) in [5, 5.41) is 3.29. The van der Waals surface area contributed by atoms with Crippen molar-refractivity contribution in [2.75, 3.05) is 7.05 Å². The van der Waals surface area contributed by atoms with Gasteiger partial charge in [0, 0.05) is 22.0 Å². The van der Waals surface area contributed by atoms with Crippen LogP contribution in [0.5, 0.6) is 0 Å². The molecule has 90 valence electrons. The third-order valence-corrected chi connectivity index (χ3v) is 4.42. The molecular formula is C12H12BrClN2S. The molecule has 0 saturated heterocycles. The van der Waals surface area contributed by atoms with Crippen molar-refractivity contribution in [1.29, 1.82) is 0 Å². The van der Waals surface area contributed by atoms with E-state index in [1.807, 2.05) is 31.4 Å². The van der Waals surface area contributed by atoms with E-state index >= 15 is 0 Å². The Hall–Kier alpha value is -0.420. The highest BCUT2D eigenvalue weighted by Crippen LogP contribution is 2.28. The summed E-state index contributed by atoms with van der Waals surface area (Å²) in [4.78, 5) is 5.67. The maximum absolute atomic E-state index is 5.94. The van der Waals surface area contributed by atoms with Crippen LogP contribution in [0.15, 0.2) is 34.9 Å². The number of nitrogens with zero attached hydrogens (tertiary/aromatic N) is 1. The van der Waals surface area contributed by atoms with Gasteiger partial charge in [0.2, 0.25) is 0 Å². The summed E-state index contributed by atoms with van der Waals surface area (Å²) in [5.74, 6) is 0. The Morgan fingerprint density at radius 3 is 2.88 bits per heavy atom. The van der Waals surface area contributed by atoms with E-state index in [-0.39, 0.29) is 6.04 Å². The summed E-state index contributed by atoms with van der Waals surface area (Å²) in [6.07, 6.45) is 2.70. The number of nitrogens with one attached hydrogen (secondary N) is 1. The monoisotopic (exact) mass is 330 g/mol. The minimum atomic E-state index is 0.195. The van der Waals surface area contributed by atoms with Crippen molar-refractivity contribution >= 4 is 38.9 Å². The zero-order chi connectivity index (χ0) is 12.3. The molecule has 2 heterocycles. The molecule has 0 spiro atoms. The summed E-state index contributed by atoms with van der Waals surface area (Å²) in [5.41, 5.74) is 1.03. The van der Waals surface area contributed by atoms with E-state index in [2.05, 4.69) is 32.3 Å². The first-order valence-electron chi connectivity index (χ1n) is 5.22. The van der Waals surface area contributed by atoms with Gasteiger partial charge in [-0.05, 0) is 47.2 Å². The molecule has 2 aromatic heterocycles. The van der Waals surface area contributed by atoms with Gasteiger partial charge in [-0.25, -0.2) is 0 Å². The van der Waals surface area contributed by atoms with Crippen molar-refractivity contribution < 1.29 is 0 Å². The molecule has 0 aromatic carbocycles. The minimum absolute atomic E-state index is 0.195. The molecule has 0 saturated carbocycles. The number of rotatable bonds is 4. The van der Waals surface area contributed by atoms with Crippen LogP contribution in [0.3, 0.4) is 0 Å². The zero-order valence-electron chi connectivity index (χ0n) is 9.28. The second-order valence-corrected chi connectivity index (χ2v) is 6.28. The van der Waals surface area contributed by atoms with E-state index in [0.717, 1.165) is 20.9 Å². The van der Waals surface area contributed by atoms with Crippen LogP contribution in [0.25, 0.3) is 0 Å². The molecule has 2 nitrogen and oxygen atoms in total. The average molecular weight is 332 g/mol. The molecule has 0 aliphatic rings. The largest absolute Gasteiger partial charge is 0.311 e. The molecule has 2 rings (SSSR count). The fourth-order valence-electron chi connectivity index (χ4n) is 1.65. The van der Waals surface area contributed by atoms with Gasteiger partial charge in [0.15, 0.2) is 0 Å². The van der Waals surface area contributed by atoms with Gasteiger partial charge >= 0.3 is 0 Å². The SMILES string of the molecule is CNC(Cc1ccc(Cl)s1)c1ncccc1Br. The molecule has 1 N–H and O–H groups in total. The summed E-state index contributed by atoms with van der Waals surface area (Å²) in [6, 6.07) is 8.12. The van der Waals surface area contributed by atoms with Crippen LogP contribution >= 0.6 is 38.9 Å². The molecule has 0 aliphatic carbocycles. The Balaban J connectivity index is 2.20. The molecule has 0 bridgehead atoms. The van der Waals surface area contributed by atoms with Crippen LogP contribution in [-0.2, 0) is 6.42 Å². The molecule has 1 atom stereocenters.